The maximum atomic E-state index is 5.55. The smallest absolute Gasteiger partial charge is 0.0701 e. The molecule has 1 N–H and O–H groups in total. The number of rotatable bonds is 15. The summed E-state index contributed by atoms with van der Waals surface area (Å²) in [6.45, 7) is 8.16. The van der Waals surface area contributed by atoms with Gasteiger partial charge in [-0.3, -0.25) is 0 Å². The van der Waals surface area contributed by atoms with Crippen LogP contribution in [0.1, 0.15) is 26.2 Å². The molecule has 0 fully saturated rings. The average molecular weight is 282 g/mol. The molecule has 0 aliphatic heterocycles. The van der Waals surface area contributed by atoms with Gasteiger partial charge >= 0.3 is 0 Å². The van der Waals surface area contributed by atoms with Gasteiger partial charge in [-0.25, -0.2) is 0 Å². The number of nitrogens with one attached hydrogen (secondary N) is 1. The fourth-order valence-electron chi connectivity index (χ4n) is 1.25. The quantitative estimate of drug-likeness (QED) is 0.368. The lowest BCUT2D eigenvalue weighted by Crippen LogP contribution is -2.22. The molecule has 18 heavy (non-hydrogen) atoms. The van der Waals surface area contributed by atoms with E-state index in [0.717, 1.165) is 39.1 Å². The first-order valence-electron chi connectivity index (χ1n) is 6.91. The van der Waals surface area contributed by atoms with Crippen molar-refractivity contribution in [2.75, 3.05) is 58.6 Å². The van der Waals surface area contributed by atoms with E-state index in [2.05, 4.69) is 12.2 Å². The highest BCUT2D eigenvalue weighted by molar-refractivity contribution is 6.17. The van der Waals surface area contributed by atoms with Crippen LogP contribution in [-0.4, -0.2) is 58.6 Å². The topological polar surface area (TPSA) is 39.7 Å². The molecule has 0 atom stereocenters. The molecular weight excluding hydrogens is 254 g/mol. The van der Waals surface area contributed by atoms with E-state index in [-0.39, 0.29) is 0 Å². The number of hydrogen-bond acceptors (Lipinski definition) is 4. The second-order valence-electron chi connectivity index (χ2n) is 3.98. The van der Waals surface area contributed by atoms with Gasteiger partial charge in [0, 0.05) is 19.0 Å². The monoisotopic (exact) mass is 281 g/mol. The minimum atomic E-state index is 0.638. The Bertz CT molecular complexity index is 134. The zero-order valence-electron chi connectivity index (χ0n) is 11.6. The van der Waals surface area contributed by atoms with Gasteiger partial charge in [-0.05, 0) is 19.4 Å². The van der Waals surface area contributed by atoms with Crippen LogP contribution in [0.5, 0.6) is 0 Å². The summed E-state index contributed by atoms with van der Waals surface area (Å²) in [4.78, 5) is 0. The number of hydrogen-bond donors (Lipinski definition) is 1. The molecule has 0 heterocycles. The van der Waals surface area contributed by atoms with Crippen molar-refractivity contribution in [3.05, 3.63) is 0 Å². The molecule has 0 amide bonds. The van der Waals surface area contributed by atoms with E-state index < -0.39 is 0 Å². The minimum absolute atomic E-state index is 0.638. The van der Waals surface area contributed by atoms with E-state index in [1.165, 1.54) is 6.42 Å². The summed E-state index contributed by atoms with van der Waals surface area (Å²) < 4.78 is 16.1. The van der Waals surface area contributed by atoms with Crippen LogP contribution in [0, 0.1) is 0 Å². The molecule has 0 aliphatic carbocycles. The zero-order valence-corrected chi connectivity index (χ0v) is 12.3. The molecular formula is C13H28ClNO3. The third kappa shape index (κ3) is 16.1. The van der Waals surface area contributed by atoms with Crippen molar-refractivity contribution >= 4 is 11.6 Å². The van der Waals surface area contributed by atoms with Gasteiger partial charge in [0.25, 0.3) is 0 Å². The molecule has 0 spiro atoms. The largest absolute Gasteiger partial charge is 0.379 e. The van der Waals surface area contributed by atoms with Gasteiger partial charge in [0.2, 0.25) is 0 Å². The SMILES string of the molecule is CCCCOCCOCCOCCNCCCCl. The number of ether oxygens (including phenoxy) is 3. The van der Waals surface area contributed by atoms with E-state index in [4.69, 9.17) is 25.8 Å². The van der Waals surface area contributed by atoms with Gasteiger partial charge in [0.1, 0.15) is 0 Å². The lowest BCUT2D eigenvalue weighted by molar-refractivity contribution is 0.0147. The van der Waals surface area contributed by atoms with E-state index >= 15 is 0 Å². The number of halogens is 1. The molecule has 0 aromatic carbocycles. The molecule has 4 nitrogen and oxygen atoms in total. The third-order valence-electron chi connectivity index (χ3n) is 2.30. The molecule has 110 valence electrons. The third-order valence-corrected chi connectivity index (χ3v) is 2.56. The van der Waals surface area contributed by atoms with Crippen molar-refractivity contribution in [2.24, 2.45) is 0 Å². The Kier molecular flexibility index (Phi) is 17.3. The van der Waals surface area contributed by atoms with Crippen molar-refractivity contribution in [2.45, 2.75) is 26.2 Å². The van der Waals surface area contributed by atoms with Gasteiger partial charge in [-0.1, -0.05) is 13.3 Å². The Balaban J connectivity index is 2.86. The molecule has 0 aromatic heterocycles. The van der Waals surface area contributed by atoms with Crippen LogP contribution >= 0.6 is 11.6 Å². The Labute approximate surface area is 116 Å². The summed E-state index contributed by atoms with van der Waals surface area (Å²) >= 11 is 5.55. The Hall–Kier alpha value is 0.130. The summed E-state index contributed by atoms with van der Waals surface area (Å²) in [5, 5.41) is 3.25. The summed E-state index contributed by atoms with van der Waals surface area (Å²) in [6, 6.07) is 0. The number of unbranched alkanes of at least 4 members (excludes halogenated alkanes) is 1. The standard InChI is InChI=1S/C13H28ClNO3/c1-2-3-8-16-10-12-18-13-11-17-9-7-15-6-4-5-14/h15H,2-13H2,1H3. The van der Waals surface area contributed by atoms with Crippen molar-refractivity contribution < 1.29 is 14.2 Å². The van der Waals surface area contributed by atoms with Crippen molar-refractivity contribution in [3.63, 3.8) is 0 Å². The van der Waals surface area contributed by atoms with E-state index in [1.54, 1.807) is 0 Å². The molecule has 0 radical (unpaired) electrons. The zero-order chi connectivity index (χ0) is 13.3. The second kappa shape index (κ2) is 17.1. The molecule has 0 rings (SSSR count). The summed E-state index contributed by atoms with van der Waals surface area (Å²) in [6.07, 6.45) is 3.30. The van der Waals surface area contributed by atoms with Gasteiger partial charge in [0.15, 0.2) is 0 Å². The van der Waals surface area contributed by atoms with Gasteiger partial charge in [-0.15, -0.1) is 11.6 Å². The lowest BCUT2D eigenvalue weighted by atomic mass is 10.4. The predicted molar refractivity (Wildman–Crippen MR) is 75.6 cm³/mol. The highest BCUT2D eigenvalue weighted by Crippen LogP contribution is 1.88. The normalized spacial score (nSPS) is 11.0. The molecule has 0 aliphatic rings. The van der Waals surface area contributed by atoms with Crippen LogP contribution in [0.3, 0.4) is 0 Å². The van der Waals surface area contributed by atoms with Crippen LogP contribution in [0.2, 0.25) is 0 Å². The summed E-state index contributed by atoms with van der Waals surface area (Å²) in [7, 11) is 0. The van der Waals surface area contributed by atoms with Gasteiger partial charge in [-0.2, -0.15) is 0 Å². The van der Waals surface area contributed by atoms with Crippen molar-refractivity contribution in [1.29, 1.82) is 0 Å². The first-order chi connectivity index (χ1) is 8.91. The van der Waals surface area contributed by atoms with Crippen molar-refractivity contribution in [1.82, 2.24) is 5.32 Å². The number of alkyl halides is 1. The Morgan fingerprint density at radius 3 is 2.00 bits per heavy atom. The minimum Gasteiger partial charge on any atom is -0.379 e. The van der Waals surface area contributed by atoms with Gasteiger partial charge < -0.3 is 19.5 Å². The average Bonchev–Trinajstić information content (AvgIpc) is 2.39. The van der Waals surface area contributed by atoms with Crippen LogP contribution in [0.15, 0.2) is 0 Å². The first-order valence-corrected chi connectivity index (χ1v) is 7.45. The molecule has 0 saturated carbocycles. The summed E-state index contributed by atoms with van der Waals surface area (Å²) in [5.74, 6) is 0.710. The molecule has 5 heteroatoms. The van der Waals surface area contributed by atoms with Crippen LogP contribution in [0.25, 0.3) is 0 Å². The Morgan fingerprint density at radius 2 is 1.39 bits per heavy atom. The predicted octanol–water partition coefficient (Wildman–Crippen LogP) is 2.05. The molecule has 0 aromatic rings. The maximum absolute atomic E-state index is 5.55. The fourth-order valence-corrected chi connectivity index (χ4v) is 1.38. The first kappa shape index (κ1) is 18.1. The second-order valence-corrected chi connectivity index (χ2v) is 4.36. The van der Waals surface area contributed by atoms with Crippen LogP contribution in [-0.2, 0) is 14.2 Å². The maximum Gasteiger partial charge on any atom is 0.0701 e. The molecule has 0 bridgehead atoms. The summed E-state index contributed by atoms with van der Waals surface area (Å²) in [5.41, 5.74) is 0. The van der Waals surface area contributed by atoms with Crippen LogP contribution < -0.4 is 5.32 Å². The van der Waals surface area contributed by atoms with Gasteiger partial charge in [0.05, 0.1) is 33.0 Å². The van der Waals surface area contributed by atoms with E-state index in [0.29, 0.717) is 32.3 Å². The molecule has 0 unspecified atom stereocenters. The highest BCUT2D eigenvalue weighted by Gasteiger charge is 1.92. The molecule has 0 saturated heterocycles. The van der Waals surface area contributed by atoms with Crippen LogP contribution in [0.4, 0.5) is 0 Å². The van der Waals surface area contributed by atoms with Crippen molar-refractivity contribution in [3.8, 4) is 0 Å². The highest BCUT2D eigenvalue weighted by atomic mass is 35.5. The fraction of sp³-hybridized carbons (Fsp3) is 1.00. The lowest BCUT2D eigenvalue weighted by Gasteiger charge is -2.07. The van der Waals surface area contributed by atoms with E-state index in [9.17, 15) is 0 Å². The Morgan fingerprint density at radius 1 is 0.778 bits per heavy atom. The van der Waals surface area contributed by atoms with E-state index in [1.807, 2.05) is 0 Å².